The number of ether oxygens (including phenoxy) is 1. The molecular weight excluding hydrogens is 224 g/mol. The van der Waals surface area contributed by atoms with Gasteiger partial charge in [-0.3, -0.25) is 0 Å². The van der Waals surface area contributed by atoms with Crippen LogP contribution in [-0.4, -0.2) is 19.7 Å². The van der Waals surface area contributed by atoms with E-state index in [1.165, 1.54) is 22.3 Å². The van der Waals surface area contributed by atoms with E-state index in [1.807, 2.05) is 6.92 Å². The second-order valence-electron chi connectivity index (χ2n) is 4.68. The molecule has 0 saturated heterocycles. The van der Waals surface area contributed by atoms with E-state index in [1.54, 1.807) is 7.11 Å². The van der Waals surface area contributed by atoms with Crippen molar-refractivity contribution in [3.8, 4) is 11.8 Å². The summed E-state index contributed by atoms with van der Waals surface area (Å²) in [6, 6.07) is 4.17. The Morgan fingerprint density at radius 3 is 2.56 bits per heavy atom. The average molecular weight is 246 g/mol. The van der Waals surface area contributed by atoms with Crippen LogP contribution in [0.25, 0.3) is 0 Å². The molecule has 0 saturated carbocycles. The van der Waals surface area contributed by atoms with Crippen LogP contribution in [0.15, 0.2) is 6.07 Å². The summed E-state index contributed by atoms with van der Waals surface area (Å²) in [7, 11) is 1.71. The molecule has 1 rings (SSSR count). The van der Waals surface area contributed by atoms with E-state index in [9.17, 15) is 0 Å². The highest BCUT2D eigenvalue weighted by Gasteiger charge is 2.10. The molecule has 1 N–H and O–H groups in total. The Morgan fingerprint density at radius 2 is 2.00 bits per heavy atom. The number of rotatable bonds is 5. The number of nitriles is 1. The van der Waals surface area contributed by atoms with Gasteiger partial charge in [0.05, 0.1) is 19.2 Å². The zero-order chi connectivity index (χ0) is 13.7. The van der Waals surface area contributed by atoms with Crippen molar-refractivity contribution in [2.24, 2.45) is 0 Å². The highest BCUT2D eigenvalue weighted by atomic mass is 16.5. The van der Waals surface area contributed by atoms with Crippen molar-refractivity contribution in [2.45, 2.75) is 40.2 Å². The Morgan fingerprint density at radius 1 is 1.33 bits per heavy atom. The van der Waals surface area contributed by atoms with Gasteiger partial charge in [0.15, 0.2) is 0 Å². The van der Waals surface area contributed by atoms with E-state index in [4.69, 9.17) is 10.00 Å². The van der Waals surface area contributed by atoms with Gasteiger partial charge in [0.1, 0.15) is 5.75 Å². The van der Waals surface area contributed by atoms with Crippen LogP contribution >= 0.6 is 0 Å². The van der Waals surface area contributed by atoms with Crippen LogP contribution in [0, 0.1) is 32.1 Å². The van der Waals surface area contributed by atoms with Crippen molar-refractivity contribution in [3.05, 3.63) is 28.3 Å². The van der Waals surface area contributed by atoms with Crippen molar-refractivity contribution < 1.29 is 4.74 Å². The van der Waals surface area contributed by atoms with Crippen molar-refractivity contribution >= 4 is 0 Å². The third-order valence-electron chi connectivity index (χ3n) is 3.45. The summed E-state index contributed by atoms with van der Waals surface area (Å²) in [5, 5.41) is 11.9. The molecule has 0 spiro atoms. The summed E-state index contributed by atoms with van der Waals surface area (Å²) in [5.74, 6) is 0.951. The van der Waals surface area contributed by atoms with Crippen LogP contribution in [-0.2, 0) is 6.42 Å². The molecule has 0 aliphatic carbocycles. The molecule has 3 nitrogen and oxygen atoms in total. The van der Waals surface area contributed by atoms with E-state index in [2.05, 4.69) is 38.2 Å². The molecule has 0 heterocycles. The fraction of sp³-hybridized carbons (Fsp3) is 0.533. The normalized spacial score (nSPS) is 12.0. The summed E-state index contributed by atoms with van der Waals surface area (Å²) in [6.45, 7) is 9.02. The predicted octanol–water partition coefficient (Wildman–Crippen LogP) is 2.66. The van der Waals surface area contributed by atoms with Gasteiger partial charge in [0, 0.05) is 6.54 Å². The highest BCUT2D eigenvalue weighted by Crippen LogP contribution is 2.27. The van der Waals surface area contributed by atoms with Gasteiger partial charge in [-0.05, 0) is 62.4 Å². The lowest BCUT2D eigenvalue weighted by Gasteiger charge is -2.16. The number of hydrogen-bond donors (Lipinski definition) is 1. The van der Waals surface area contributed by atoms with Gasteiger partial charge < -0.3 is 10.1 Å². The molecule has 98 valence electrons. The monoisotopic (exact) mass is 246 g/mol. The van der Waals surface area contributed by atoms with E-state index in [0.29, 0.717) is 0 Å². The van der Waals surface area contributed by atoms with Crippen LogP contribution in [0.3, 0.4) is 0 Å². The van der Waals surface area contributed by atoms with Crippen LogP contribution < -0.4 is 10.1 Å². The lowest BCUT2D eigenvalue weighted by Crippen LogP contribution is -2.26. The van der Waals surface area contributed by atoms with Crippen molar-refractivity contribution in [2.75, 3.05) is 13.7 Å². The number of methoxy groups -OCH3 is 1. The number of nitrogens with one attached hydrogen (secondary N) is 1. The predicted molar refractivity (Wildman–Crippen MR) is 74.0 cm³/mol. The Balaban J connectivity index is 2.84. The number of nitrogens with zero attached hydrogens (tertiary/aromatic N) is 1. The molecule has 1 aromatic carbocycles. The molecule has 0 radical (unpaired) electrons. The molecule has 3 heteroatoms. The Labute approximate surface area is 110 Å². The maximum atomic E-state index is 8.72. The van der Waals surface area contributed by atoms with Crippen LogP contribution in [0.5, 0.6) is 5.75 Å². The molecule has 0 aliphatic rings. The van der Waals surface area contributed by atoms with Gasteiger partial charge in [-0.1, -0.05) is 0 Å². The molecule has 0 bridgehead atoms. The van der Waals surface area contributed by atoms with E-state index < -0.39 is 0 Å². The molecule has 0 aliphatic heterocycles. The third kappa shape index (κ3) is 3.24. The number of hydrogen-bond acceptors (Lipinski definition) is 3. The summed E-state index contributed by atoms with van der Waals surface area (Å²) in [6.07, 6.45) is 0.939. The minimum Gasteiger partial charge on any atom is -0.496 e. The molecule has 0 aromatic heterocycles. The summed E-state index contributed by atoms with van der Waals surface area (Å²) < 4.78 is 5.36. The lowest BCUT2D eigenvalue weighted by atomic mass is 9.95. The van der Waals surface area contributed by atoms with E-state index >= 15 is 0 Å². The van der Waals surface area contributed by atoms with Crippen LogP contribution in [0.4, 0.5) is 0 Å². The molecule has 18 heavy (non-hydrogen) atoms. The first-order chi connectivity index (χ1) is 8.51. The van der Waals surface area contributed by atoms with Gasteiger partial charge in [-0.25, -0.2) is 0 Å². The standard InChI is InChI=1S/C15H22N2O/c1-10-8-15(18-5)13(4)12(3)14(10)6-7-17-11(2)9-16/h8,11,17H,6-7H2,1-5H3. The van der Waals surface area contributed by atoms with Gasteiger partial charge in [0.2, 0.25) is 0 Å². The summed E-state index contributed by atoms with van der Waals surface area (Å²) >= 11 is 0. The Hall–Kier alpha value is -1.53. The first-order valence-electron chi connectivity index (χ1n) is 6.28. The lowest BCUT2D eigenvalue weighted by molar-refractivity contribution is 0.410. The molecular formula is C15H22N2O. The molecule has 1 atom stereocenters. The first-order valence-corrected chi connectivity index (χ1v) is 6.28. The van der Waals surface area contributed by atoms with Crippen molar-refractivity contribution in [1.82, 2.24) is 5.32 Å². The van der Waals surface area contributed by atoms with Gasteiger partial charge in [0.25, 0.3) is 0 Å². The fourth-order valence-electron chi connectivity index (χ4n) is 2.15. The number of benzene rings is 1. The first kappa shape index (κ1) is 14.5. The quantitative estimate of drug-likeness (QED) is 0.868. The van der Waals surface area contributed by atoms with Crippen molar-refractivity contribution in [1.29, 1.82) is 5.26 Å². The minimum absolute atomic E-state index is 0.0926. The summed E-state index contributed by atoms with van der Waals surface area (Å²) in [4.78, 5) is 0. The van der Waals surface area contributed by atoms with E-state index in [-0.39, 0.29) is 6.04 Å². The molecule has 0 fully saturated rings. The SMILES string of the molecule is COc1cc(C)c(CCNC(C)C#N)c(C)c1C. The largest absolute Gasteiger partial charge is 0.496 e. The zero-order valence-electron chi connectivity index (χ0n) is 11.9. The van der Waals surface area contributed by atoms with Gasteiger partial charge in [-0.15, -0.1) is 0 Å². The molecule has 1 aromatic rings. The Bertz CT molecular complexity index is 461. The van der Waals surface area contributed by atoms with Crippen LogP contribution in [0.2, 0.25) is 0 Å². The second-order valence-corrected chi connectivity index (χ2v) is 4.68. The highest BCUT2D eigenvalue weighted by molar-refractivity contribution is 5.48. The van der Waals surface area contributed by atoms with Gasteiger partial charge >= 0.3 is 0 Å². The van der Waals surface area contributed by atoms with E-state index in [0.717, 1.165) is 18.7 Å². The zero-order valence-corrected chi connectivity index (χ0v) is 11.9. The van der Waals surface area contributed by atoms with Crippen molar-refractivity contribution in [3.63, 3.8) is 0 Å². The van der Waals surface area contributed by atoms with Crippen LogP contribution in [0.1, 0.15) is 29.2 Å². The third-order valence-corrected chi connectivity index (χ3v) is 3.45. The average Bonchev–Trinajstić information content (AvgIpc) is 2.37. The van der Waals surface area contributed by atoms with Gasteiger partial charge in [-0.2, -0.15) is 5.26 Å². The molecule has 1 unspecified atom stereocenters. The topological polar surface area (TPSA) is 45.0 Å². The maximum Gasteiger partial charge on any atom is 0.122 e. The second kappa shape index (κ2) is 6.42. The maximum absolute atomic E-state index is 8.72. The minimum atomic E-state index is -0.0926. The molecule has 0 amide bonds. The Kier molecular flexibility index (Phi) is 5.18. The summed E-state index contributed by atoms with van der Waals surface area (Å²) in [5.41, 5.74) is 5.09. The smallest absolute Gasteiger partial charge is 0.122 e. The fourth-order valence-corrected chi connectivity index (χ4v) is 2.15. The number of aryl methyl sites for hydroxylation is 1.